The monoisotopic (exact) mass is 371 g/mol. The summed E-state index contributed by atoms with van der Waals surface area (Å²) in [5.74, 6) is -0.00300. The molecular weight excluding hydrogens is 346 g/mol. The summed E-state index contributed by atoms with van der Waals surface area (Å²) < 4.78 is 5.59. The van der Waals surface area contributed by atoms with Crippen LogP contribution in [-0.4, -0.2) is 42.1 Å². The molecule has 0 saturated carbocycles. The number of pyridine rings is 1. The van der Waals surface area contributed by atoms with E-state index in [4.69, 9.17) is 4.74 Å². The summed E-state index contributed by atoms with van der Waals surface area (Å²) in [4.78, 5) is 20.2. The number of amides is 1. The average Bonchev–Trinajstić information content (AvgIpc) is 3.01. The van der Waals surface area contributed by atoms with E-state index in [0.717, 1.165) is 44.1 Å². The minimum absolute atomic E-state index is 0.00300. The van der Waals surface area contributed by atoms with Gasteiger partial charge >= 0.3 is 0 Å². The van der Waals surface area contributed by atoms with E-state index >= 15 is 0 Å². The quantitative estimate of drug-likeness (QED) is 0.895. The standard InChI is InChI=1S/C20H25N3O2S/c1-14(24)22-20-18(16-6-2-3-7-17(16)26-20)19(15-5-4-8-21-13-15)23-9-11-25-12-10-23/h4-5,8,13,19H,2-3,6-7,9-12H2,1H3,(H,22,24). The molecule has 0 aromatic carbocycles. The van der Waals surface area contributed by atoms with Crippen LogP contribution >= 0.6 is 11.3 Å². The molecule has 1 fully saturated rings. The molecule has 1 amide bonds. The molecule has 1 saturated heterocycles. The third-order valence-corrected chi connectivity index (χ3v) is 6.41. The fourth-order valence-corrected chi connectivity index (χ4v) is 5.43. The van der Waals surface area contributed by atoms with Crippen LogP contribution in [0.2, 0.25) is 0 Å². The van der Waals surface area contributed by atoms with Crippen molar-refractivity contribution in [3.63, 3.8) is 0 Å². The fourth-order valence-electron chi connectivity index (χ4n) is 4.07. The average molecular weight is 372 g/mol. The van der Waals surface area contributed by atoms with Crippen molar-refractivity contribution in [1.82, 2.24) is 9.88 Å². The second-order valence-electron chi connectivity index (χ2n) is 6.97. The Kier molecular flexibility index (Phi) is 5.33. The van der Waals surface area contributed by atoms with Gasteiger partial charge in [-0.05, 0) is 42.9 Å². The maximum atomic E-state index is 11.9. The predicted octanol–water partition coefficient (Wildman–Crippen LogP) is 3.40. The number of thiophene rings is 1. The van der Waals surface area contributed by atoms with Gasteiger partial charge in [-0.1, -0.05) is 6.07 Å². The van der Waals surface area contributed by atoms with Crippen LogP contribution in [0.4, 0.5) is 5.00 Å². The van der Waals surface area contributed by atoms with Crippen molar-refractivity contribution >= 4 is 22.2 Å². The van der Waals surface area contributed by atoms with Gasteiger partial charge in [0, 0.05) is 42.8 Å². The van der Waals surface area contributed by atoms with Crippen molar-refractivity contribution in [1.29, 1.82) is 0 Å². The molecule has 2 aromatic heterocycles. The van der Waals surface area contributed by atoms with E-state index in [1.54, 1.807) is 18.3 Å². The molecule has 5 nitrogen and oxygen atoms in total. The summed E-state index contributed by atoms with van der Waals surface area (Å²) in [6.45, 7) is 4.88. The van der Waals surface area contributed by atoms with Crippen LogP contribution in [0.25, 0.3) is 0 Å². The third-order valence-electron chi connectivity index (χ3n) is 5.19. The van der Waals surface area contributed by atoms with E-state index < -0.39 is 0 Å². The molecule has 1 N–H and O–H groups in total. The smallest absolute Gasteiger partial charge is 0.221 e. The number of carbonyl (C=O) groups is 1. The number of nitrogens with zero attached hydrogens (tertiary/aromatic N) is 2. The Morgan fingerprint density at radius 2 is 2.12 bits per heavy atom. The van der Waals surface area contributed by atoms with E-state index in [9.17, 15) is 4.79 Å². The number of fused-ring (bicyclic) bond motifs is 1. The number of aryl methyl sites for hydroxylation is 1. The number of carbonyl (C=O) groups excluding carboxylic acids is 1. The molecule has 1 aliphatic heterocycles. The topological polar surface area (TPSA) is 54.5 Å². The largest absolute Gasteiger partial charge is 0.379 e. The van der Waals surface area contributed by atoms with E-state index in [0.29, 0.717) is 0 Å². The zero-order valence-electron chi connectivity index (χ0n) is 15.2. The van der Waals surface area contributed by atoms with Crippen LogP contribution in [0.3, 0.4) is 0 Å². The van der Waals surface area contributed by atoms with Crippen molar-refractivity contribution in [2.24, 2.45) is 0 Å². The van der Waals surface area contributed by atoms with Crippen LogP contribution in [-0.2, 0) is 22.4 Å². The number of hydrogen-bond donors (Lipinski definition) is 1. The molecule has 1 aliphatic carbocycles. The van der Waals surface area contributed by atoms with Gasteiger partial charge in [0.1, 0.15) is 5.00 Å². The number of nitrogens with one attached hydrogen (secondary N) is 1. The van der Waals surface area contributed by atoms with Gasteiger partial charge < -0.3 is 10.1 Å². The van der Waals surface area contributed by atoms with Crippen LogP contribution < -0.4 is 5.32 Å². The lowest BCUT2D eigenvalue weighted by molar-refractivity contribution is -0.114. The van der Waals surface area contributed by atoms with Gasteiger partial charge in [0.2, 0.25) is 5.91 Å². The molecule has 2 aromatic rings. The van der Waals surface area contributed by atoms with Gasteiger partial charge in [-0.25, -0.2) is 0 Å². The molecule has 3 heterocycles. The van der Waals surface area contributed by atoms with Gasteiger partial charge in [-0.2, -0.15) is 0 Å². The van der Waals surface area contributed by atoms with Crippen molar-refractivity contribution in [2.75, 3.05) is 31.6 Å². The van der Waals surface area contributed by atoms with Crippen LogP contribution in [0.5, 0.6) is 0 Å². The summed E-state index contributed by atoms with van der Waals surface area (Å²) >= 11 is 1.77. The van der Waals surface area contributed by atoms with Gasteiger partial charge in [0.25, 0.3) is 0 Å². The molecule has 26 heavy (non-hydrogen) atoms. The second-order valence-corrected chi connectivity index (χ2v) is 8.08. The summed E-state index contributed by atoms with van der Waals surface area (Å²) in [7, 11) is 0. The lowest BCUT2D eigenvalue weighted by atomic mass is 9.89. The van der Waals surface area contributed by atoms with Crippen LogP contribution in [0.1, 0.15) is 47.4 Å². The van der Waals surface area contributed by atoms with Crippen molar-refractivity contribution in [3.8, 4) is 0 Å². The molecule has 0 spiro atoms. The number of anilines is 1. The Labute approximate surface area is 158 Å². The van der Waals surface area contributed by atoms with E-state index in [-0.39, 0.29) is 11.9 Å². The summed E-state index contributed by atoms with van der Waals surface area (Å²) in [6, 6.07) is 4.27. The molecule has 2 aliphatic rings. The number of rotatable bonds is 4. The number of aromatic nitrogens is 1. The van der Waals surface area contributed by atoms with Gasteiger partial charge in [0.15, 0.2) is 0 Å². The van der Waals surface area contributed by atoms with Gasteiger partial charge in [0.05, 0.1) is 19.3 Å². The maximum absolute atomic E-state index is 11.9. The van der Waals surface area contributed by atoms with Crippen LogP contribution in [0.15, 0.2) is 24.5 Å². The van der Waals surface area contributed by atoms with Gasteiger partial charge in [-0.15, -0.1) is 11.3 Å². The van der Waals surface area contributed by atoms with Crippen molar-refractivity contribution in [3.05, 3.63) is 46.1 Å². The molecule has 1 atom stereocenters. The zero-order chi connectivity index (χ0) is 17.9. The minimum atomic E-state index is -0.00300. The first kappa shape index (κ1) is 17.6. The highest BCUT2D eigenvalue weighted by atomic mass is 32.1. The SMILES string of the molecule is CC(=O)Nc1sc2c(c1C(c1cccnc1)N1CCOCC1)CCCC2. The Bertz CT molecular complexity index is 769. The van der Waals surface area contributed by atoms with Crippen LogP contribution in [0, 0.1) is 0 Å². The first-order valence-electron chi connectivity index (χ1n) is 9.38. The predicted molar refractivity (Wildman–Crippen MR) is 104 cm³/mol. The van der Waals surface area contributed by atoms with Crippen molar-refractivity contribution < 1.29 is 9.53 Å². The summed E-state index contributed by atoms with van der Waals surface area (Å²) in [5.41, 5.74) is 3.92. The zero-order valence-corrected chi connectivity index (χ0v) is 16.0. The minimum Gasteiger partial charge on any atom is -0.379 e. The number of hydrogen-bond acceptors (Lipinski definition) is 5. The van der Waals surface area contributed by atoms with E-state index in [2.05, 4.69) is 21.3 Å². The molecule has 138 valence electrons. The first-order valence-corrected chi connectivity index (χ1v) is 10.2. The fraction of sp³-hybridized carbons (Fsp3) is 0.500. The second kappa shape index (κ2) is 7.86. The Morgan fingerprint density at radius 1 is 1.31 bits per heavy atom. The highest BCUT2D eigenvalue weighted by Crippen LogP contribution is 2.45. The van der Waals surface area contributed by atoms with E-state index in [1.807, 2.05) is 18.5 Å². The van der Waals surface area contributed by atoms with Gasteiger partial charge in [-0.3, -0.25) is 14.7 Å². The lowest BCUT2D eigenvalue weighted by Gasteiger charge is -2.36. The number of morpholine rings is 1. The number of ether oxygens (including phenoxy) is 1. The third kappa shape index (κ3) is 3.54. The molecule has 6 heteroatoms. The van der Waals surface area contributed by atoms with E-state index in [1.165, 1.54) is 34.4 Å². The lowest BCUT2D eigenvalue weighted by Crippen LogP contribution is -2.40. The molecule has 0 radical (unpaired) electrons. The summed E-state index contributed by atoms with van der Waals surface area (Å²) in [6.07, 6.45) is 8.46. The molecule has 4 rings (SSSR count). The highest BCUT2D eigenvalue weighted by molar-refractivity contribution is 7.16. The molecular formula is C20H25N3O2S. The first-order chi connectivity index (χ1) is 12.7. The molecule has 0 bridgehead atoms. The Morgan fingerprint density at radius 3 is 2.85 bits per heavy atom. The Hall–Kier alpha value is -1.76. The molecule has 1 unspecified atom stereocenters. The normalized spacial score (nSPS) is 19.0. The maximum Gasteiger partial charge on any atom is 0.221 e. The Balaban J connectivity index is 1.84. The highest BCUT2D eigenvalue weighted by Gasteiger charge is 2.32. The van der Waals surface area contributed by atoms with Crippen molar-refractivity contribution in [2.45, 2.75) is 38.6 Å². The summed E-state index contributed by atoms with van der Waals surface area (Å²) in [5, 5.41) is 4.14.